The highest BCUT2D eigenvalue weighted by atomic mass is 79.9. The van der Waals surface area contributed by atoms with Crippen molar-refractivity contribution in [1.29, 1.82) is 0 Å². The molecule has 5 heteroatoms. The second-order valence-corrected chi connectivity index (χ2v) is 4.14. The molecule has 0 atom stereocenters. The van der Waals surface area contributed by atoms with Gasteiger partial charge in [0.2, 0.25) is 0 Å². The van der Waals surface area contributed by atoms with Crippen LogP contribution in [0, 0.1) is 0 Å². The average Bonchev–Trinajstić information content (AvgIpc) is 2.28. The van der Waals surface area contributed by atoms with E-state index in [-0.39, 0.29) is 5.91 Å². The number of pyridine rings is 1. The van der Waals surface area contributed by atoms with Crippen LogP contribution in [0.3, 0.4) is 0 Å². The first-order chi connectivity index (χ1) is 7.74. The Kier molecular flexibility index (Phi) is 6.03. The van der Waals surface area contributed by atoms with Crippen molar-refractivity contribution in [3.63, 3.8) is 0 Å². The molecule has 4 nitrogen and oxygen atoms in total. The molecule has 1 amide bonds. The van der Waals surface area contributed by atoms with E-state index < -0.39 is 0 Å². The monoisotopic (exact) mass is 286 g/mol. The van der Waals surface area contributed by atoms with Crippen LogP contribution in [0.5, 0.6) is 0 Å². The Balaban J connectivity index is 2.30. The molecule has 1 heterocycles. The molecule has 0 bridgehead atoms. The van der Waals surface area contributed by atoms with Crippen LogP contribution in [0.2, 0.25) is 0 Å². The third-order valence-corrected chi connectivity index (χ3v) is 2.48. The normalized spacial score (nSPS) is 10.1. The van der Waals surface area contributed by atoms with Gasteiger partial charge in [-0.25, -0.2) is 4.98 Å². The molecule has 0 aromatic carbocycles. The Hall–Kier alpha value is -0.940. The van der Waals surface area contributed by atoms with Crippen molar-refractivity contribution in [1.82, 2.24) is 10.3 Å². The minimum atomic E-state index is -0.0690. The molecule has 0 radical (unpaired) electrons. The highest BCUT2D eigenvalue weighted by Crippen LogP contribution is 2.07. The molecule has 0 saturated heterocycles. The van der Waals surface area contributed by atoms with Gasteiger partial charge in [0, 0.05) is 32.0 Å². The Morgan fingerprint density at radius 1 is 1.56 bits per heavy atom. The maximum Gasteiger partial charge on any atom is 0.251 e. The standard InChI is InChI=1S/C11H15BrN2O2/c1-16-7-3-2-5-14-11(15)9-4-6-13-10(12)8-9/h4,6,8H,2-3,5,7H2,1H3,(H,14,15). The van der Waals surface area contributed by atoms with Gasteiger partial charge in [0.1, 0.15) is 4.60 Å². The Bertz CT molecular complexity index is 345. The second-order valence-electron chi connectivity index (χ2n) is 3.32. The fourth-order valence-corrected chi connectivity index (χ4v) is 1.58. The predicted octanol–water partition coefficient (Wildman–Crippen LogP) is 2.00. The number of rotatable bonds is 6. The van der Waals surface area contributed by atoms with Gasteiger partial charge in [-0.1, -0.05) is 0 Å². The zero-order chi connectivity index (χ0) is 11.8. The number of amides is 1. The van der Waals surface area contributed by atoms with Crippen LogP contribution in [0.1, 0.15) is 23.2 Å². The molecule has 88 valence electrons. The maximum atomic E-state index is 11.6. The molecule has 0 unspecified atom stereocenters. The molecule has 1 aromatic rings. The number of ether oxygens (including phenoxy) is 1. The van der Waals surface area contributed by atoms with Crippen LogP contribution in [-0.2, 0) is 4.74 Å². The van der Waals surface area contributed by atoms with Crippen molar-refractivity contribution in [2.24, 2.45) is 0 Å². The SMILES string of the molecule is COCCCCNC(=O)c1ccnc(Br)c1. The van der Waals surface area contributed by atoms with Gasteiger partial charge in [-0.2, -0.15) is 0 Å². The number of hydrogen-bond donors (Lipinski definition) is 1. The fourth-order valence-electron chi connectivity index (χ4n) is 1.22. The van der Waals surface area contributed by atoms with Crippen LogP contribution in [0.4, 0.5) is 0 Å². The summed E-state index contributed by atoms with van der Waals surface area (Å²) in [7, 11) is 1.67. The van der Waals surface area contributed by atoms with Crippen molar-refractivity contribution in [3.8, 4) is 0 Å². The van der Waals surface area contributed by atoms with Gasteiger partial charge in [0.25, 0.3) is 5.91 Å². The van der Waals surface area contributed by atoms with Crippen LogP contribution in [0.15, 0.2) is 22.9 Å². The number of halogens is 1. The smallest absolute Gasteiger partial charge is 0.251 e. The maximum absolute atomic E-state index is 11.6. The fraction of sp³-hybridized carbons (Fsp3) is 0.455. The molecule has 0 saturated carbocycles. The van der Waals surface area contributed by atoms with E-state index in [4.69, 9.17) is 4.74 Å². The summed E-state index contributed by atoms with van der Waals surface area (Å²) < 4.78 is 5.59. The first kappa shape index (κ1) is 13.1. The molecule has 0 aliphatic rings. The Labute approximate surface area is 104 Å². The first-order valence-corrected chi connectivity index (χ1v) is 5.92. The first-order valence-electron chi connectivity index (χ1n) is 5.12. The summed E-state index contributed by atoms with van der Waals surface area (Å²) in [6.07, 6.45) is 3.48. The molecular weight excluding hydrogens is 272 g/mol. The van der Waals surface area contributed by atoms with Gasteiger partial charge in [-0.3, -0.25) is 4.79 Å². The highest BCUT2D eigenvalue weighted by Gasteiger charge is 2.04. The van der Waals surface area contributed by atoms with E-state index in [1.807, 2.05) is 0 Å². The zero-order valence-corrected chi connectivity index (χ0v) is 10.8. The summed E-state index contributed by atoms with van der Waals surface area (Å²) >= 11 is 3.23. The van der Waals surface area contributed by atoms with Crippen LogP contribution >= 0.6 is 15.9 Å². The number of carbonyl (C=O) groups is 1. The molecule has 0 aliphatic carbocycles. The van der Waals surface area contributed by atoms with Crippen LogP contribution in [0.25, 0.3) is 0 Å². The van der Waals surface area contributed by atoms with Gasteiger partial charge in [-0.15, -0.1) is 0 Å². The van der Waals surface area contributed by atoms with E-state index in [2.05, 4.69) is 26.2 Å². The van der Waals surface area contributed by atoms with E-state index in [1.54, 1.807) is 25.4 Å². The number of methoxy groups -OCH3 is 1. The van der Waals surface area contributed by atoms with E-state index in [0.29, 0.717) is 16.7 Å². The van der Waals surface area contributed by atoms with Crippen LogP contribution in [-0.4, -0.2) is 31.2 Å². The summed E-state index contributed by atoms with van der Waals surface area (Å²) in [5, 5.41) is 2.84. The minimum Gasteiger partial charge on any atom is -0.385 e. The summed E-state index contributed by atoms with van der Waals surface area (Å²) in [4.78, 5) is 15.6. The highest BCUT2D eigenvalue weighted by molar-refractivity contribution is 9.10. The largest absolute Gasteiger partial charge is 0.385 e. The lowest BCUT2D eigenvalue weighted by atomic mass is 10.2. The topological polar surface area (TPSA) is 51.2 Å². The number of unbranched alkanes of at least 4 members (excludes halogenated alkanes) is 1. The molecule has 0 fully saturated rings. The van der Waals surface area contributed by atoms with Gasteiger partial charge in [-0.05, 0) is 40.9 Å². The summed E-state index contributed by atoms with van der Waals surface area (Å²) in [5.74, 6) is -0.0690. The summed E-state index contributed by atoms with van der Waals surface area (Å²) in [6, 6.07) is 3.39. The van der Waals surface area contributed by atoms with Crippen LogP contribution < -0.4 is 5.32 Å². The molecule has 1 rings (SSSR count). The Morgan fingerprint density at radius 3 is 3.06 bits per heavy atom. The number of aromatic nitrogens is 1. The lowest BCUT2D eigenvalue weighted by Crippen LogP contribution is -2.24. The second kappa shape index (κ2) is 7.35. The summed E-state index contributed by atoms with van der Waals surface area (Å²) in [5.41, 5.74) is 0.619. The van der Waals surface area contributed by atoms with Crippen molar-refractivity contribution in [2.75, 3.05) is 20.3 Å². The number of nitrogens with zero attached hydrogens (tertiary/aromatic N) is 1. The van der Waals surface area contributed by atoms with E-state index in [9.17, 15) is 4.79 Å². The number of carbonyl (C=O) groups excluding carboxylic acids is 1. The number of nitrogens with one attached hydrogen (secondary N) is 1. The van der Waals surface area contributed by atoms with Gasteiger partial charge >= 0.3 is 0 Å². The van der Waals surface area contributed by atoms with Gasteiger partial charge in [0.05, 0.1) is 0 Å². The molecule has 0 aliphatic heterocycles. The summed E-state index contributed by atoms with van der Waals surface area (Å²) in [6.45, 7) is 1.40. The third kappa shape index (κ3) is 4.72. The van der Waals surface area contributed by atoms with Crippen molar-refractivity contribution in [3.05, 3.63) is 28.5 Å². The quantitative estimate of drug-likeness (QED) is 0.643. The van der Waals surface area contributed by atoms with E-state index >= 15 is 0 Å². The minimum absolute atomic E-state index is 0.0690. The molecule has 16 heavy (non-hydrogen) atoms. The zero-order valence-electron chi connectivity index (χ0n) is 9.20. The average molecular weight is 287 g/mol. The van der Waals surface area contributed by atoms with Gasteiger partial charge in [0.15, 0.2) is 0 Å². The van der Waals surface area contributed by atoms with E-state index in [0.717, 1.165) is 19.4 Å². The number of hydrogen-bond acceptors (Lipinski definition) is 3. The lowest BCUT2D eigenvalue weighted by Gasteiger charge is -2.04. The molecule has 0 spiro atoms. The third-order valence-electron chi connectivity index (χ3n) is 2.05. The molecular formula is C11H15BrN2O2. The predicted molar refractivity (Wildman–Crippen MR) is 65.4 cm³/mol. The molecule has 1 aromatic heterocycles. The van der Waals surface area contributed by atoms with E-state index in [1.165, 1.54) is 0 Å². The van der Waals surface area contributed by atoms with Gasteiger partial charge < -0.3 is 10.1 Å². The molecule has 1 N–H and O–H groups in total. The lowest BCUT2D eigenvalue weighted by molar-refractivity contribution is 0.0951. The van der Waals surface area contributed by atoms with Crippen molar-refractivity contribution in [2.45, 2.75) is 12.8 Å². The Morgan fingerprint density at radius 2 is 2.38 bits per heavy atom. The van der Waals surface area contributed by atoms with Crippen molar-refractivity contribution < 1.29 is 9.53 Å². The van der Waals surface area contributed by atoms with Crippen molar-refractivity contribution >= 4 is 21.8 Å².